The molecular weight excluding hydrogens is 829 g/mol. The van der Waals surface area contributed by atoms with Crippen molar-refractivity contribution in [3.05, 3.63) is 134 Å². The average Bonchev–Trinajstić information content (AvgIpc) is 3.33. The Morgan fingerprint density at radius 3 is 0.955 bits per heavy atom. The summed E-state index contributed by atoms with van der Waals surface area (Å²) in [5, 5.41) is 0. The molecule has 0 fully saturated rings. The Balaban J connectivity index is 4.56. The van der Waals surface area contributed by atoms with E-state index in [2.05, 4.69) is 154 Å². The van der Waals surface area contributed by atoms with Crippen LogP contribution in [0.15, 0.2) is 134 Å². The topological polar surface area (TPSA) is 78.9 Å². The minimum Gasteiger partial charge on any atom is -0.462 e. The van der Waals surface area contributed by atoms with Gasteiger partial charge in [-0.2, -0.15) is 0 Å². The van der Waals surface area contributed by atoms with Gasteiger partial charge in [0.25, 0.3) is 0 Å². The van der Waals surface area contributed by atoms with Gasteiger partial charge in [0.05, 0.1) is 0 Å². The third-order valence-corrected chi connectivity index (χ3v) is 10.6. The van der Waals surface area contributed by atoms with Crippen LogP contribution < -0.4 is 0 Å². The van der Waals surface area contributed by atoms with Gasteiger partial charge in [0.15, 0.2) is 6.10 Å². The highest BCUT2D eigenvalue weighted by Gasteiger charge is 2.19. The Kier molecular flexibility index (Phi) is 50.6. The Bertz CT molecular complexity index is 1480. The molecule has 0 aromatic carbocycles. The van der Waals surface area contributed by atoms with Gasteiger partial charge in [-0.15, -0.1) is 0 Å². The third-order valence-electron chi connectivity index (χ3n) is 10.6. The SMILES string of the molecule is CC/C=C\C/C=C\C/C=C\C/C=C\C/C=C\CCCCCC(=O)OC[C@H](COC(=O)CCCC/C=C\C/C=C\C/C=C\C/C=C\CC)OC(=O)CCCCCCC/C=C\C/C=C\CCCCC. The molecule has 0 spiro atoms. The van der Waals surface area contributed by atoms with Gasteiger partial charge in [0.2, 0.25) is 0 Å². The fraction of sp³-hybridized carbons (Fsp3) is 0.590. The fourth-order valence-corrected chi connectivity index (χ4v) is 6.66. The first-order chi connectivity index (χ1) is 33.0. The van der Waals surface area contributed by atoms with Crippen molar-refractivity contribution in [3.8, 4) is 0 Å². The predicted molar refractivity (Wildman–Crippen MR) is 288 cm³/mol. The molecule has 376 valence electrons. The smallest absolute Gasteiger partial charge is 0.306 e. The second-order valence-corrected chi connectivity index (χ2v) is 17.0. The first kappa shape index (κ1) is 62.5. The highest BCUT2D eigenvalue weighted by Crippen LogP contribution is 2.12. The molecule has 0 unspecified atom stereocenters. The van der Waals surface area contributed by atoms with E-state index >= 15 is 0 Å². The molecule has 0 amide bonds. The summed E-state index contributed by atoms with van der Waals surface area (Å²) in [6.07, 6.45) is 75.8. The van der Waals surface area contributed by atoms with E-state index in [1.807, 2.05) is 0 Å². The van der Waals surface area contributed by atoms with Crippen molar-refractivity contribution in [2.75, 3.05) is 13.2 Å². The van der Waals surface area contributed by atoms with E-state index in [0.29, 0.717) is 19.3 Å². The normalized spacial score (nSPS) is 13.2. The van der Waals surface area contributed by atoms with Crippen LogP contribution in [0.25, 0.3) is 0 Å². The maximum Gasteiger partial charge on any atom is 0.306 e. The van der Waals surface area contributed by atoms with Crippen LogP contribution in [0.4, 0.5) is 0 Å². The quantitative estimate of drug-likeness (QED) is 0.0262. The zero-order valence-corrected chi connectivity index (χ0v) is 42.9. The largest absolute Gasteiger partial charge is 0.462 e. The highest BCUT2D eigenvalue weighted by atomic mass is 16.6. The maximum atomic E-state index is 12.8. The molecule has 0 saturated carbocycles. The molecule has 67 heavy (non-hydrogen) atoms. The predicted octanol–water partition coefficient (Wildman–Crippen LogP) is 17.9. The summed E-state index contributed by atoms with van der Waals surface area (Å²) < 4.78 is 16.7. The molecule has 0 heterocycles. The molecule has 0 N–H and O–H groups in total. The minimum atomic E-state index is -0.821. The van der Waals surface area contributed by atoms with E-state index in [1.54, 1.807) is 0 Å². The summed E-state index contributed by atoms with van der Waals surface area (Å²) in [6.45, 7) is 6.29. The Labute approximate surface area is 411 Å². The number of carbonyl (C=O) groups is 3. The number of ether oxygens (including phenoxy) is 3. The number of rotatable bonds is 46. The number of unbranched alkanes of at least 4 members (excludes halogenated alkanes) is 13. The standard InChI is InChI=1S/C61H96O6/c1-4-7-10-13-16-19-22-25-28-29-30-31-34-36-39-42-45-48-51-54-60(63)66-57-58(67-61(64)55-52-49-46-43-40-37-33-27-24-21-18-15-12-9-6-3)56-65-59(62)53-50-47-44-41-38-35-32-26-23-20-17-14-11-8-5-2/h7-8,10-11,16-21,25-28,30-33,36,38-39,41,58H,4-6,9,12-15,22-24,29,34-35,37,40,42-57H2,1-3H3/b10-7-,11-8-,19-16-,20-17-,21-18-,28-25-,31-30-,32-26-,33-27-,39-36-,41-38-/t58-/m0/s1. The summed E-state index contributed by atoms with van der Waals surface area (Å²) in [7, 11) is 0. The van der Waals surface area contributed by atoms with Crippen LogP contribution in [-0.2, 0) is 28.6 Å². The van der Waals surface area contributed by atoms with E-state index in [9.17, 15) is 14.4 Å². The van der Waals surface area contributed by atoms with Gasteiger partial charge in [-0.25, -0.2) is 0 Å². The van der Waals surface area contributed by atoms with Crippen LogP contribution in [0.3, 0.4) is 0 Å². The lowest BCUT2D eigenvalue weighted by atomic mass is 10.1. The van der Waals surface area contributed by atoms with Crippen molar-refractivity contribution >= 4 is 17.9 Å². The van der Waals surface area contributed by atoms with Gasteiger partial charge in [0, 0.05) is 19.3 Å². The van der Waals surface area contributed by atoms with Gasteiger partial charge in [0.1, 0.15) is 13.2 Å². The molecule has 6 heteroatoms. The van der Waals surface area contributed by atoms with Gasteiger partial charge >= 0.3 is 17.9 Å². The average molecular weight is 925 g/mol. The molecule has 0 rings (SSSR count). The van der Waals surface area contributed by atoms with Crippen LogP contribution in [0, 0.1) is 0 Å². The van der Waals surface area contributed by atoms with Gasteiger partial charge in [-0.3, -0.25) is 14.4 Å². The van der Waals surface area contributed by atoms with Crippen LogP contribution in [0.1, 0.15) is 213 Å². The molecule has 0 aliphatic rings. The van der Waals surface area contributed by atoms with E-state index in [1.165, 1.54) is 25.7 Å². The lowest BCUT2D eigenvalue weighted by molar-refractivity contribution is -0.167. The lowest BCUT2D eigenvalue weighted by Gasteiger charge is -2.18. The Hall–Kier alpha value is -4.45. The first-order valence-corrected chi connectivity index (χ1v) is 26.7. The number of esters is 3. The number of carbonyl (C=O) groups excluding carboxylic acids is 3. The van der Waals surface area contributed by atoms with Gasteiger partial charge in [-0.1, -0.05) is 193 Å². The molecule has 0 aliphatic heterocycles. The molecule has 1 atom stereocenters. The monoisotopic (exact) mass is 925 g/mol. The molecular formula is C61H96O6. The number of hydrogen-bond acceptors (Lipinski definition) is 6. The summed E-state index contributed by atoms with van der Waals surface area (Å²) >= 11 is 0. The van der Waals surface area contributed by atoms with Crippen LogP contribution in [0.5, 0.6) is 0 Å². The van der Waals surface area contributed by atoms with Crippen molar-refractivity contribution in [1.29, 1.82) is 0 Å². The van der Waals surface area contributed by atoms with Crippen molar-refractivity contribution < 1.29 is 28.6 Å². The number of allylic oxidation sites excluding steroid dienone is 22. The summed E-state index contributed by atoms with van der Waals surface area (Å²) in [4.78, 5) is 38.0. The Morgan fingerprint density at radius 2 is 0.582 bits per heavy atom. The van der Waals surface area contributed by atoms with Gasteiger partial charge < -0.3 is 14.2 Å². The summed E-state index contributed by atoms with van der Waals surface area (Å²) in [5.74, 6) is -1.01. The van der Waals surface area contributed by atoms with Crippen LogP contribution in [0.2, 0.25) is 0 Å². The van der Waals surface area contributed by atoms with Crippen molar-refractivity contribution in [2.24, 2.45) is 0 Å². The van der Waals surface area contributed by atoms with Crippen LogP contribution >= 0.6 is 0 Å². The number of hydrogen-bond donors (Lipinski definition) is 0. The molecule has 0 aliphatic carbocycles. The van der Waals surface area contributed by atoms with E-state index < -0.39 is 6.10 Å². The third kappa shape index (κ3) is 52.4. The van der Waals surface area contributed by atoms with Crippen molar-refractivity contribution in [2.45, 2.75) is 219 Å². The van der Waals surface area contributed by atoms with E-state index in [-0.39, 0.29) is 37.5 Å². The molecule has 6 nitrogen and oxygen atoms in total. The van der Waals surface area contributed by atoms with Gasteiger partial charge in [-0.05, 0) is 135 Å². The molecule has 0 radical (unpaired) electrons. The summed E-state index contributed by atoms with van der Waals surface area (Å²) in [5.41, 5.74) is 0. The molecule has 0 saturated heterocycles. The maximum absolute atomic E-state index is 12.8. The highest BCUT2D eigenvalue weighted by molar-refractivity contribution is 5.71. The lowest BCUT2D eigenvalue weighted by Crippen LogP contribution is -2.30. The van der Waals surface area contributed by atoms with Crippen LogP contribution in [-0.4, -0.2) is 37.2 Å². The molecule has 0 bridgehead atoms. The van der Waals surface area contributed by atoms with E-state index in [4.69, 9.17) is 14.2 Å². The zero-order chi connectivity index (χ0) is 48.6. The van der Waals surface area contributed by atoms with Crippen molar-refractivity contribution in [3.63, 3.8) is 0 Å². The fourth-order valence-electron chi connectivity index (χ4n) is 6.66. The molecule has 0 aromatic rings. The second-order valence-electron chi connectivity index (χ2n) is 17.0. The second kappa shape index (κ2) is 54.2. The van der Waals surface area contributed by atoms with E-state index in [0.717, 1.165) is 141 Å². The minimum absolute atomic E-state index is 0.119. The zero-order valence-electron chi connectivity index (χ0n) is 42.9. The first-order valence-electron chi connectivity index (χ1n) is 26.7. The summed E-state index contributed by atoms with van der Waals surface area (Å²) in [6, 6.07) is 0. The molecule has 0 aromatic heterocycles. The Morgan fingerprint density at radius 1 is 0.313 bits per heavy atom. The van der Waals surface area contributed by atoms with Crippen molar-refractivity contribution in [1.82, 2.24) is 0 Å².